The highest BCUT2D eigenvalue weighted by Crippen LogP contribution is 2.40. The SMILES string of the molecule is COc1cc(CC2(C(=O)O)CCCCC2)ccc1F. The highest BCUT2D eigenvalue weighted by atomic mass is 19.1. The Morgan fingerprint density at radius 1 is 1.37 bits per heavy atom. The Kier molecular flexibility index (Phi) is 4.08. The van der Waals surface area contributed by atoms with E-state index in [0.29, 0.717) is 19.3 Å². The first-order valence-corrected chi connectivity index (χ1v) is 6.63. The molecule has 2 rings (SSSR count). The van der Waals surface area contributed by atoms with Crippen LogP contribution in [0.3, 0.4) is 0 Å². The number of aliphatic carboxylic acids is 1. The first-order valence-electron chi connectivity index (χ1n) is 6.63. The van der Waals surface area contributed by atoms with Gasteiger partial charge in [0.2, 0.25) is 0 Å². The second-order valence-electron chi connectivity index (χ2n) is 5.29. The lowest BCUT2D eigenvalue weighted by atomic mass is 9.70. The van der Waals surface area contributed by atoms with Gasteiger partial charge in [-0.25, -0.2) is 4.39 Å². The van der Waals surface area contributed by atoms with Gasteiger partial charge in [-0.3, -0.25) is 4.79 Å². The summed E-state index contributed by atoms with van der Waals surface area (Å²) in [4.78, 5) is 11.6. The molecule has 1 fully saturated rings. The van der Waals surface area contributed by atoms with Crippen LogP contribution in [0.15, 0.2) is 18.2 Å². The van der Waals surface area contributed by atoms with Gasteiger partial charge in [-0.15, -0.1) is 0 Å². The Bertz CT molecular complexity index is 464. The molecular formula is C15H19FO3. The first kappa shape index (κ1) is 13.8. The average molecular weight is 266 g/mol. The minimum absolute atomic E-state index is 0.175. The summed E-state index contributed by atoms with van der Waals surface area (Å²) >= 11 is 0. The molecule has 3 nitrogen and oxygen atoms in total. The minimum atomic E-state index is -0.740. The molecule has 0 aliphatic heterocycles. The minimum Gasteiger partial charge on any atom is -0.494 e. The molecule has 0 amide bonds. The molecule has 104 valence electrons. The van der Waals surface area contributed by atoms with Gasteiger partial charge in [0.05, 0.1) is 12.5 Å². The van der Waals surface area contributed by atoms with Crippen molar-refractivity contribution in [1.29, 1.82) is 0 Å². The van der Waals surface area contributed by atoms with Gasteiger partial charge in [-0.05, 0) is 37.0 Å². The zero-order valence-corrected chi connectivity index (χ0v) is 11.1. The third-order valence-corrected chi connectivity index (χ3v) is 4.02. The third-order valence-electron chi connectivity index (χ3n) is 4.02. The van der Waals surface area contributed by atoms with Crippen molar-refractivity contribution in [3.63, 3.8) is 0 Å². The molecular weight excluding hydrogens is 247 g/mol. The summed E-state index contributed by atoms with van der Waals surface area (Å²) in [7, 11) is 1.41. The van der Waals surface area contributed by atoms with Crippen molar-refractivity contribution in [1.82, 2.24) is 0 Å². The average Bonchev–Trinajstić information content (AvgIpc) is 2.42. The molecule has 1 N–H and O–H groups in total. The number of hydrogen-bond acceptors (Lipinski definition) is 2. The predicted molar refractivity (Wildman–Crippen MR) is 69.8 cm³/mol. The molecule has 1 aliphatic rings. The van der Waals surface area contributed by atoms with Crippen molar-refractivity contribution in [3.8, 4) is 5.75 Å². The second kappa shape index (κ2) is 5.59. The van der Waals surface area contributed by atoms with Gasteiger partial charge in [-0.1, -0.05) is 25.3 Å². The summed E-state index contributed by atoms with van der Waals surface area (Å²) in [5.41, 5.74) is 0.128. The molecule has 0 atom stereocenters. The van der Waals surface area contributed by atoms with E-state index in [4.69, 9.17) is 4.74 Å². The van der Waals surface area contributed by atoms with Crippen LogP contribution in [-0.4, -0.2) is 18.2 Å². The number of carboxylic acids is 1. The molecule has 0 saturated heterocycles. The maximum atomic E-state index is 13.4. The van der Waals surface area contributed by atoms with Crippen molar-refractivity contribution in [2.24, 2.45) is 5.41 Å². The van der Waals surface area contributed by atoms with Crippen molar-refractivity contribution in [2.75, 3.05) is 7.11 Å². The topological polar surface area (TPSA) is 46.5 Å². The van der Waals surface area contributed by atoms with Crippen LogP contribution >= 0.6 is 0 Å². The van der Waals surface area contributed by atoms with Crippen molar-refractivity contribution in [3.05, 3.63) is 29.6 Å². The van der Waals surface area contributed by atoms with E-state index < -0.39 is 17.2 Å². The monoisotopic (exact) mass is 266 g/mol. The second-order valence-corrected chi connectivity index (χ2v) is 5.29. The molecule has 0 aromatic heterocycles. The zero-order chi connectivity index (χ0) is 13.9. The van der Waals surface area contributed by atoms with E-state index in [1.807, 2.05) is 0 Å². The summed E-state index contributed by atoms with van der Waals surface area (Å²) in [5.74, 6) is -0.983. The maximum absolute atomic E-state index is 13.4. The van der Waals surface area contributed by atoms with Crippen molar-refractivity contribution in [2.45, 2.75) is 38.5 Å². The maximum Gasteiger partial charge on any atom is 0.309 e. The van der Waals surface area contributed by atoms with E-state index in [1.54, 1.807) is 12.1 Å². The Morgan fingerprint density at radius 3 is 2.63 bits per heavy atom. The summed E-state index contributed by atoms with van der Waals surface area (Å²) in [6, 6.07) is 4.60. The van der Waals surface area contributed by atoms with Crippen LogP contribution in [0.25, 0.3) is 0 Å². The number of rotatable bonds is 4. The van der Waals surface area contributed by atoms with Gasteiger partial charge in [0.15, 0.2) is 11.6 Å². The summed E-state index contributed by atoms with van der Waals surface area (Å²) in [6.45, 7) is 0. The number of halogens is 1. The van der Waals surface area contributed by atoms with Crippen LogP contribution in [0, 0.1) is 11.2 Å². The fourth-order valence-corrected chi connectivity index (χ4v) is 2.90. The standard InChI is InChI=1S/C15H19FO3/c1-19-13-9-11(5-6-12(13)16)10-15(14(17)18)7-3-2-4-8-15/h5-6,9H,2-4,7-8,10H2,1H3,(H,17,18). The van der Waals surface area contributed by atoms with Gasteiger partial charge in [0, 0.05) is 0 Å². The molecule has 0 heterocycles. The molecule has 4 heteroatoms. The number of hydrogen-bond donors (Lipinski definition) is 1. The van der Waals surface area contributed by atoms with Crippen LogP contribution in [0.5, 0.6) is 5.75 Å². The molecule has 1 aliphatic carbocycles. The number of carbonyl (C=O) groups is 1. The van der Waals surface area contributed by atoms with Crippen LogP contribution < -0.4 is 4.74 Å². The number of benzene rings is 1. The van der Waals surface area contributed by atoms with E-state index in [9.17, 15) is 14.3 Å². The first-order chi connectivity index (χ1) is 9.07. The summed E-state index contributed by atoms with van der Waals surface area (Å²) in [5, 5.41) is 9.53. The van der Waals surface area contributed by atoms with Crippen molar-refractivity contribution >= 4 is 5.97 Å². The van der Waals surface area contributed by atoms with Crippen LogP contribution in [0.4, 0.5) is 4.39 Å². The smallest absolute Gasteiger partial charge is 0.309 e. The van der Waals surface area contributed by atoms with E-state index >= 15 is 0 Å². The number of methoxy groups -OCH3 is 1. The van der Waals surface area contributed by atoms with E-state index in [2.05, 4.69) is 0 Å². The Hall–Kier alpha value is -1.58. The summed E-state index contributed by atoms with van der Waals surface area (Å²) < 4.78 is 18.3. The largest absolute Gasteiger partial charge is 0.494 e. The lowest BCUT2D eigenvalue weighted by molar-refractivity contribution is -0.151. The number of ether oxygens (including phenoxy) is 1. The Labute approximate surface area is 112 Å². The Balaban J connectivity index is 2.24. The normalized spacial score (nSPS) is 18.0. The molecule has 1 aromatic carbocycles. The highest BCUT2D eigenvalue weighted by Gasteiger charge is 2.39. The fraction of sp³-hybridized carbons (Fsp3) is 0.533. The van der Waals surface area contributed by atoms with Gasteiger partial charge < -0.3 is 9.84 Å². The van der Waals surface area contributed by atoms with Crippen molar-refractivity contribution < 1.29 is 19.0 Å². The molecule has 1 aromatic rings. The predicted octanol–water partition coefficient (Wildman–Crippen LogP) is 3.41. The zero-order valence-electron chi connectivity index (χ0n) is 11.1. The number of carboxylic acid groups (broad SMARTS) is 1. The molecule has 0 radical (unpaired) electrons. The van der Waals surface area contributed by atoms with Crippen LogP contribution in [0.2, 0.25) is 0 Å². The van der Waals surface area contributed by atoms with Gasteiger partial charge >= 0.3 is 5.97 Å². The van der Waals surface area contributed by atoms with Gasteiger partial charge in [0.25, 0.3) is 0 Å². The quantitative estimate of drug-likeness (QED) is 0.908. The van der Waals surface area contributed by atoms with E-state index in [-0.39, 0.29) is 5.75 Å². The molecule has 1 saturated carbocycles. The molecule has 0 unspecified atom stereocenters. The van der Waals surface area contributed by atoms with E-state index in [0.717, 1.165) is 24.8 Å². The molecule has 0 bridgehead atoms. The van der Waals surface area contributed by atoms with Gasteiger partial charge in [-0.2, -0.15) is 0 Å². The molecule has 19 heavy (non-hydrogen) atoms. The highest BCUT2D eigenvalue weighted by molar-refractivity contribution is 5.75. The third kappa shape index (κ3) is 2.88. The lowest BCUT2D eigenvalue weighted by Gasteiger charge is -2.33. The van der Waals surface area contributed by atoms with E-state index in [1.165, 1.54) is 13.2 Å². The lowest BCUT2D eigenvalue weighted by Crippen LogP contribution is -2.35. The van der Waals surface area contributed by atoms with Crippen LogP contribution in [-0.2, 0) is 11.2 Å². The van der Waals surface area contributed by atoms with Crippen LogP contribution in [0.1, 0.15) is 37.7 Å². The molecule has 0 spiro atoms. The Morgan fingerprint density at radius 2 is 2.05 bits per heavy atom. The van der Waals surface area contributed by atoms with Gasteiger partial charge in [0.1, 0.15) is 0 Å². The summed E-state index contributed by atoms with van der Waals surface area (Å²) in [6.07, 6.45) is 4.83. The fourth-order valence-electron chi connectivity index (χ4n) is 2.90.